The van der Waals surface area contributed by atoms with Crippen molar-refractivity contribution in [1.29, 1.82) is 0 Å². The van der Waals surface area contributed by atoms with Crippen LogP contribution in [0.1, 0.15) is 13.3 Å². The van der Waals surface area contributed by atoms with Gasteiger partial charge in [0.05, 0.1) is 18.9 Å². The third-order valence-corrected chi connectivity index (χ3v) is 6.25. The number of carbonyl (C=O) groups excluding carboxylic acids is 4. The molecule has 30 heavy (non-hydrogen) atoms. The summed E-state index contributed by atoms with van der Waals surface area (Å²) in [4.78, 5) is 53.3. The van der Waals surface area contributed by atoms with Gasteiger partial charge in [0, 0.05) is 37.4 Å². The number of imide groups is 1. The second kappa shape index (κ2) is 8.23. The summed E-state index contributed by atoms with van der Waals surface area (Å²) in [6.45, 7) is 1.88. The predicted octanol–water partition coefficient (Wildman–Crippen LogP) is 1.33. The van der Waals surface area contributed by atoms with E-state index in [0.29, 0.717) is 10.7 Å². The van der Waals surface area contributed by atoms with Crippen LogP contribution >= 0.6 is 11.6 Å². The fraction of sp³-hybridized carbons (Fsp3) is 0.500. The van der Waals surface area contributed by atoms with Crippen molar-refractivity contribution in [3.63, 3.8) is 0 Å². The van der Waals surface area contributed by atoms with Crippen LogP contribution in [-0.2, 0) is 19.1 Å². The molecule has 1 aromatic carbocycles. The van der Waals surface area contributed by atoms with Gasteiger partial charge in [0.2, 0.25) is 11.8 Å². The minimum atomic E-state index is -1.31. The molecular weight excluding hydrogens is 412 g/mol. The number of fused-ring (bicyclic) bond motifs is 1. The second-order valence-corrected chi connectivity index (χ2v) is 8.06. The Labute approximate surface area is 179 Å². The molecule has 1 aromatic rings. The highest BCUT2D eigenvalue weighted by Crippen LogP contribution is 2.44. The molecule has 162 valence electrons. The van der Waals surface area contributed by atoms with Crippen LogP contribution in [0, 0.1) is 11.8 Å². The summed E-state index contributed by atoms with van der Waals surface area (Å²) in [5.74, 6) is -3.00. The number of halogens is 1. The summed E-state index contributed by atoms with van der Waals surface area (Å²) >= 11 is 5.86. The third kappa shape index (κ3) is 3.52. The van der Waals surface area contributed by atoms with Crippen molar-refractivity contribution < 1.29 is 23.9 Å². The van der Waals surface area contributed by atoms with Crippen molar-refractivity contribution in [3.05, 3.63) is 29.3 Å². The number of ether oxygens (including phenoxy) is 1. The first-order valence-electron chi connectivity index (χ1n) is 9.61. The van der Waals surface area contributed by atoms with Gasteiger partial charge in [0.25, 0.3) is 0 Å². The molecule has 2 heterocycles. The number of benzene rings is 1. The Morgan fingerprint density at radius 1 is 1.27 bits per heavy atom. The number of amides is 4. The number of likely N-dealkylation sites (N-methyl/N-ethyl adjacent to an activating group) is 1. The number of anilines is 1. The Hall–Kier alpha value is -2.65. The number of nitrogens with zero attached hydrogens (tertiary/aromatic N) is 2. The summed E-state index contributed by atoms with van der Waals surface area (Å²) < 4.78 is 4.96. The first-order valence-corrected chi connectivity index (χ1v) is 9.99. The van der Waals surface area contributed by atoms with Crippen LogP contribution in [0.15, 0.2) is 24.3 Å². The number of hydrogen-bond donors (Lipinski definition) is 2. The van der Waals surface area contributed by atoms with E-state index in [0.717, 1.165) is 4.90 Å². The summed E-state index contributed by atoms with van der Waals surface area (Å²) in [5.41, 5.74) is -0.743. The van der Waals surface area contributed by atoms with Gasteiger partial charge in [-0.05, 0) is 30.7 Å². The number of nitrogens with one attached hydrogen (secondary N) is 2. The Morgan fingerprint density at radius 2 is 1.90 bits per heavy atom. The molecule has 3 rings (SSSR count). The van der Waals surface area contributed by atoms with E-state index in [-0.39, 0.29) is 18.9 Å². The van der Waals surface area contributed by atoms with E-state index in [1.807, 2.05) is 0 Å². The van der Waals surface area contributed by atoms with Gasteiger partial charge in [-0.1, -0.05) is 18.5 Å². The van der Waals surface area contributed by atoms with Crippen LogP contribution in [0.2, 0.25) is 5.02 Å². The van der Waals surface area contributed by atoms with Crippen LogP contribution in [-0.4, -0.2) is 72.9 Å². The summed E-state index contributed by atoms with van der Waals surface area (Å²) in [6.07, 6.45) is 0.269. The molecule has 4 atom stereocenters. The zero-order valence-electron chi connectivity index (χ0n) is 17.3. The number of carbonyl (C=O) groups is 4. The van der Waals surface area contributed by atoms with Gasteiger partial charge in [-0.2, -0.15) is 0 Å². The van der Waals surface area contributed by atoms with Crippen LogP contribution in [0.4, 0.5) is 10.5 Å². The molecule has 2 aliphatic heterocycles. The number of esters is 1. The molecule has 9 nitrogen and oxygen atoms in total. The molecule has 10 heteroatoms. The first kappa shape index (κ1) is 22.0. The molecular formula is C20H25ClN4O5. The van der Waals surface area contributed by atoms with Gasteiger partial charge >= 0.3 is 12.0 Å². The molecule has 0 unspecified atom stereocenters. The van der Waals surface area contributed by atoms with Crippen LogP contribution in [0.25, 0.3) is 0 Å². The van der Waals surface area contributed by atoms with E-state index >= 15 is 0 Å². The highest BCUT2D eigenvalue weighted by molar-refractivity contribution is 6.30. The van der Waals surface area contributed by atoms with E-state index in [4.69, 9.17) is 16.3 Å². The average molecular weight is 437 g/mol. The van der Waals surface area contributed by atoms with E-state index in [9.17, 15) is 19.2 Å². The molecule has 0 radical (unpaired) electrons. The van der Waals surface area contributed by atoms with Gasteiger partial charge in [-0.25, -0.2) is 4.79 Å². The van der Waals surface area contributed by atoms with Crippen molar-refractivity contribution in [3.8, 4) is 0 Å². The molecule has 2 aliphatic rings. The summed E-state index contributed by atoms with van der Waals surface area (Å²) in [7, 11) is 4.24. The molecule has 0 aliphatic carbocycles. The Bertz CT molecular complexity index is 876. The largest absolute Gasteiger partial charge is 0.468 e. The highest BCUT2D eigenvalue weighted by atomic mass is 35.5. The van der Waals surface area contributed by atoms with Crippen LogP contribution in [0.5, 0.6) is 0 Å². The Balaban J connectivity index is 1.81. The standard InChI is InChI=1S/C20H25ClN4O5/c1-5-20(18(28)30-4)15-14(16(26)25(3)17(15)27)13(23-20)10-24(2)19(29)22-12-8-6-11(21)7-9-12/h6-9,13-15,23H,5,10H2,1-4H3,(H,22,29)/t13-,14+,15-,20-/m1/s1. The molecule has 2 saturated heterocycles. The zero-order valence-corrected chi connectivity index (χ0v) is 18.0. The van der Waals surface area contributed by atoms with Gasteiger partial charge in [0.15, 0.2) is 0 Å². The Kier molecular flexibility index (Phi) is 6.05. The fourth-order valence-corrected chi connectivity index (χ4v) is 4.52. The lowest BCUT2D eigenvalue weighted by Crippen LogP contribution is -2.58. The lowest BCUT2D eigenvalue weighted by molar-refractivity contribution is -0.154. The van der Waals surface area contributed by atoms with Crippen LogP contribution in [0.3, 0.4) is 0 Å². The second-order valence-electron chi connectivity index (χ2n) is 7.62. The molecule has 4 amide bonds. The monoisotopic (exact) mass is 436 g/mol. The average Bonchev–Trinajstić information content (AvgIpc) is 3.18. The van der Waals surface area contributed by atoms with Crippen molar-refractivity contribution >= 4 is 41.1 Å². The Morgan fingerprint density at radius 3 is 2.47 bits per heavy atom. The van der Waals surface area contributed by atoms with Crippen LogP contribution < -0.4 is 10.6 Å². The maximum absolute atomic E-state index is 12.8. The van der Waals surface area contributed by atoms with E-state index in [2.05, 4.69) is 10.6 Å². The summed E-state index contributed by atoms with van der Waals surface area (Å²) in [5, 5.41) is 6.46. The zero-order chi connectivity index (χ0) is 22.2. The highest BCUT2D eigenvalue weighted by Gasteiger charge is 2.67. The van der Waals surface area contributed by atoms with Crippen molar-refractivity contribution in [1.82, 2.24) is 15.1 Å². The van der Waals surface area contributed by atoms with Crippen molar-refractivity contribution in [2.24, 2.45) is 11.8 Å². The third-order valence-electron chi connectivity index (χ3n) is 6.00. The molecule has 0 bridgehead atoms. The van der Waals surface area contributed by atoms with Gasteiger partial charge in [-0.15, -0.1) is 0 Å². The number of likely N-dealkylation sites (tertiary alicyclic amines) is 1. The van der Waals surface area contributed by atoms with Crippen molar-refractivity contribution in [2.75, 3.05) is 33.1 Å². The number of rotatable bonds is 5. The topological polar surface area (TPSA) is 108 Å². The lowest BCUT2D eigenvalue weighted by Gasteiger charge is -2.31. The van der Waals surface area contributed by atoms with Gasteiger partial charge in [0.1, 0.15) is 5.54 Å². The molecule has 2 N–H and O–H groups in total. The maximum atomic E-state index is 12.8. The maximum Gasteiger partial charge on any atom is 0.326 e. The fourth-order valence-electron chi connectivity index (χ4n) is 4.39. The molecule has 2 fully saturated rings. The molecule has 0 spiro atoms. The van der Waals surface area contributed by atoms with Gasteiger partial charge in [-0.3, -0.25) is 24.6 Å². The van der Waals surface area contributed by atoms with E-state index < -0.39 is 41.3 Å². The van der Waals surface area contributed by atoms with E-state index in [1.165, 1.54) is 19.1 Å². The normalized spacial score (nSPS) is 27.8. The van der Waals surface area contributed by atoms with E-state index in [1.54, 1.807) is 38.2 Å². The molecule has 0 saturated carbocycles. The van der Waals surface area contributed by atoms with Gasteiger partial charge < -0.3 is 15.0 Å². The quantitative estimate of drug-likeness (QED) is 0.532. The minimum Gasteiger partial charge on any atom is -0.468 e. The molecule has 0 aromatic heterocycles. The number of urea groups is 1. The number of methoxy groups -OCH3 is 1. The van der Waals surface area contributed by atoms with Crippen molar-refractivity contribution in [2.45, 2.75) is 24.9 Å². The number of hydrogen-bond acceptors (Lipinski definition) is 6. The predicted molar refractivity (Wildman–Crippen MR) is 110 cm³/mol. The minimum absolute atomic E-state index is 0.117. The lowest BCUT2D eigenvalue weighted by atomic mass is 9.78. The smallest absolute Gasteiger partial charge is 0.326 e. The SMILES string of the molecule is CC[C@@]1(C(=O)OC)N[C@H](CN(C)C(=O)Nc2ccc(Cl)cc2)[C@@H]2C(=O)N(C)C(=O)[C@@H]21. The first-order chi connectivity index (χ1) is 14.2. The summed E-state index contributed by atoms with van der Waals surface area (Å²) in [6, 6.07) is 5.68.